The molecule has 0 atom stereocenters. The van der Waals surface area contributed by atoms with E-state index in [2.05, 4.69) is 6.58 Å². The summed E-state index contributed by atoms with van der Waals surface area (Å²) >= 11 is 0. The Morgan fingerprint density at radius 1 is 1.40 bits per heavy atom. The third-order valence-corrected chi connectivity index (χ3v) is 2.99. The Morgan fingerprint density at radius 2 is 2.00 bits per heavy atom. The fourth-order valence-corrected chi connectivity index (χ4v) is 1.94. The molecule has 0 rings (SSSR count). The van der Waals surface area contributed by atoms with Crippen LogP contribution in [-0.4, -0.2) is 8.32 Å². The van der Waals surface area contributed by atoms with Crippen molar-refractivity contribution in [2.24, 2.45) is 0 Å². The molecule has 0 heterocycles. The van der Waals surface area contributed by atoms with Gasteiger partial charge in [0, 0.05) is 0 Å². The molecule has 0 aliphatic rings. The van der Waals surface area contributed by atoms with Gasteiger partial charge in [-0.2, -0.15) is 0 Å². The van der Waals surface area contributed by atoms with Crippen LogP contribution in [0.1, 0.15) is 19.3 Å². The van der Waals surface area contributed by atoms with Crippen molar-refractivity contribution in [2.45, 2.75) is 38.4 Å². The number of rotatable bonds is 5. The molecule has 0 N–H and O–H groups in total. The lowest BCUT2D eigenvalue weighted by Gasteiger charge is -2.08. The van der Waals surface area contributed by atoms with Crippen LogP contribution in [0.15, 0.2) is 12.7 Å². The van der Waals surface area contributed by atoms with Gasteiger partial charge in [-0.05, 0) is 25.6 Å². The van der Waals surface area contributed by atoms with Gasteiger partial charge in [0.05, 0.1) is 0 Å². The normalized spacial score (nSPS) is 11.5. The van der Waals surface area contributed by atoms with E-state index in [4.69, 9.17) is 0 Å². The molecule has 1 nitrogen and oxygen atoms in total. The van der Waals surface area contributed by atoms with Gasteiger partial charge in [0.15, 0.2) is 0 Å². The van der Waals surface area contributed by atoms with Crippen LogP contribution in [0.25, 0.3) is 0 Å². The number of unbranched alkanes of at least 4 members (excludes halogenated alkanes) is 2. The molecule has 0 saturated carbocycles. The Morgan fingerprint density at radius 3 is 2.40 bits per heavy atom. The summed E-state index contributed by atoms with van der Waals surface area (Å²) < 4.78 is 0. The molecular formula is C8H17OSi. The summed E-state index contributed by atoms with van der Waals surface area (Å²) in [5.41, 5.74) is 0. The molecule has 1 radical (unpaired) electrons. The van der Waals surface area contributed by atoms with Crippen LogP contribution in [0.4, 0.5) is 0 Å². The topological polar surface area (TPSA) is 19.9 Å². The number of hydrogen-bond donors (Lipinski definition) is 0. The average Bonchev–Trinajstić information content (AvgIpc) is 1.78. The van der Waals surface area contributed by atoms with E-state index in [0.29, 0.717) is 0 Å². The first-order valence-electron chi connectivity index (χ1n) is 3.87. The lowest BCUT2D eigenvalue weighted by Crippen LogP contribution is -2.21. The zero-order valence-electron chi connectivity index (χ0n) is 7.02. The highest BCUT2D eigenvalue weighted by Gasteiger charge is 2.17. The highest BCUT2D eigenvalue weighted by molar-refractivity contribution is 6.69. The van der Waals surface area contributed by atoms with Crippen molar-refractivity contribution in [3.05, 3.63) is 12.7 Å². The molecular weight excluding hydrogens is 140 g/mol. The molecule has 0 fully saturated rings. The van der Waals surface area contributed by atoms with E-state index in [-0.39, 0.29) is 0 Å². The zero-order valence-corrected chi connectivity index (χ0v) is 8.02. The van der Waals surface area contributed by atoms with Crippen molar-refractivity contribution in [1.82, 2.24) is 0 Å². The van der Waals surface area contributed by atoms with Crippen LogP contribution in [-0.2, 0) is 4.80 Å². The molecule has 0 aromatic heterocycles. The summed E-state index contributed by atoms with van der Waals surface area (Å²) in [6, 6.07) is 0.918. The highest BCUT2D eigenvalue weighted by Crippen LogP contribution is 2.11. The second-order valence-corrected chi connectivity index (χ2v) is 7.31. The first kappa shape index (κ1) is 9.92. The summed E-state index contributed by atoms with van der Waals surface area (Å²) in [5, 5.41) is 0. The fraction of sp³-hybridized carbons (Fsp3) is 0.750. The molecule has 0 aliphatic heterocycles. The fourth-order valence-electron chi connectivity index (χ4n) is 0.839. The summed E-state index contributed by atoms with van der Waals surface area (Å²) in [5.74, 6) is 0. The predicted octanol–water partition coefficient (Wildman–Crippen LogP) is 2.98. The van der Waals surface area contributed by atoms with Crippen molar-refractivity contribution < 1.29 is 4.80 Å². The van der Waals surface area contributed by atoms with Crippen LogP contribution >= 0.6 is 0 Å². The van der Waals surface area contributed by atoms with Gasteiger partial charge in [-0.15, -0.1) is 6.58 Å². The second-order valence-electron chi connectivity index (χ2n) is 3.29. The van der Waals surface area contributed by atoms with Crippen molar-refractivity contribution in [3.8, 4) is 0 Å². The summed E-state index contributed by atoms with van der Waals surface area (Å²) in [4.78, 5) is 11.2. The summed E-state index contributed by atoms with van der Waals surface area (Å²) in [6.07, 6.45) is 5.21. The lowest BCUT2D eigenvalue weighted by atomic mass is 10.2. The van der Waals surface area contributed by atoms with Crippen molar-refractivity contribution in [3.63, 3.8) is 0 Å². The molecule has 0 bridgehead atoms. The zero-order chi connectivity index (χ0) is 8.04. The van der Waals surface area contributed by atoms with Gasteiger partial charge in [0.25, 0.3) is 0 Å². The third-order valence-electron chi connectivity index (χ3n) is 1.44. The van der Waals surface area contributed by atoms with E-state index < -0.39 is 8.32 Å². The van der Waals surface area contributed by atoms with Crippen LogP contribution in [0.3, 0.4) is 0 Å². The Kier molecular flexibility index (Phi) is 4.65. The molecule has 59 valence electrons. The van der Waals surface area contributed by atoms with E-state index in [1.807, 2.05) is 19.2 Å². The summed E-state index contributed by atoms with van der Waals surface area (Å²) in [7, 11) is -1.99. The maximum atomic E-state index is 11.2. The molecule has 0 aliphatic carbocycles. The largest absolute Gasteiger partial charge is 0.298 e. The predicted molar refractivity (Wildman–Crippen MR) is 47.0 cm³/mol. The van der Waals surface area contributed by atoms with Crippen LogP contribution in [0, 0.1) is 0 Å². The standard InChI is InChI=1S/C8H17OSi/c1-4-5-6-7-8-10(2,3)9/h4H,1,5-8H2,2-3H3. The Balaban J connectivity index is 3.12. The molecule has 0 aromatic carbocycles. The van der Waals surface area contributed by atoms with Crippen molar-refractivity contribution in [1.29, 1.82) is 0 Å². The van der Waals surface area contributed by atoms with E-state index in [9.17, 15) is 4.80 Å². The van der Waals surface area contributed by atoms with E-state index >= 15 is 0 Å². The van der Waals surface area contributed by atoms with Gasteiger partial charge in [-0.3, -0.25) is 4.80 Å². The first-order chi connectivity index (χ1) is 4.56. The quantitative estimate of drug-likeness (QED) is 0.332. The van der Waals surface area contributed by atoms with Gasteiger partial charge in [-0.1, -0.05) is 18.9 Å². The number of allylic oxidation sites excluding steroid dienone is 1. The first-order valence-corrected chi connectivity index (χ1v) is 6.99. The Hall–Kier alpha value is -0.0831. The van der Waals surface area contributed by atoms with Gasteiger partial charge in [0.1, 0.15) is 0 Å². The maximum absolute atomic E-state index is 11.2. The second kappa shape index (κ2) is 4.69. The minimum absolute atomic E-state index is 0.918. The lowest BCUT2D eigenvalue weighted by molar-refractivity contribution is 0.425. The maximum Gasteiger partial charge on any atom is 0.231 e. The van der Waals surface area contributed by atoms with Crippen LogP contribution in [0.2, 0.25) is 19.1 Å². The van der Waals surface area contributed by atoms with Crippen LogP contribution in [0.5, 0.6) is 0 Å². The Labute approximate surface area is 64.9 Å². The van der Waals surface area contributed by atoms with Crippen LogP contribution < -0.4 is 0 Å². The average molecular weight is 157 g/mol. The minimum atomic E-state index is -1.99. The molecule has 2 heteroatoms. The molecule has 0 spiro atoms. The van der Waals surface area contributed by atoms with Gasteiger partial charge >= 0.3 is 0 Å². The highest BCUT2D eigenvalue weighted by atomic mass is 28.4. The van der Waals surface area contributed by atoms with Crippen molar-refractivity contribution >= 4 is 8.32 Å². The van der Waals surface area contributed by atoms with E-state index in [1.165, 1.54) is 0 Å². The van der Waals surface area contributed by atoms with Gasteiger partial charge < -0.3 is 0 Å². The molecule has 10 heavy (non-hydrogen) atoms. The smallest absolute Gasteiger partial charge is 0.231 e. The molecule has 0 unspecified atom stereocenters. The molecule has 0 amide bonds. The monoisotopic (exact) mass is 157 g/mol. The number of hydrogen-bond acceptors (Lipinski definition) is 0. The van der Waals surface area contributed by atoms with Gasteiger partial charge in [0.2, 0.25) is 8.32 Å². The summed E-state index contributed by atoms with van der Waals surface area (Å²) in [6.45, 7) is 7.38. The van der Waals surface area contributed by atoms with E-state index in [1.54, 1.807) is 0 Å². The SMILES string of the molecule is C=CCCCC[Si](C)(C)[O]. The molecule has 0 saturated heterocycles. The Bertz CT molecular complexity index is 93.9. The third kappa shape index (κ3) is 7.92. The van der Waals surface area contributed by atoms with Gasteiger partial charge in [-0.25, -0.2) is 0 Å². The van der Waals surface area contributed by atoms with E-state index in [0.717, 1.165) is 25.3 Å². The minimum Gasteiger partial charge on any atom is -0.298 e. The molecule has 0 aromatic rings. The van der Waals surface area contributed by atoms with Crippen molar-refractivity contribution in [2.75, 3.05) is 0 Å².